The zero-order valence-electron chi connectivity index (χ0n) is 11.5. The second kappa shape index (κ2) is 7.12. The van der Waals surface area contributed by atoms with E-state index in [1.807, 2.05) is 0 Å². The van der Waals surface area contributed by atoms with Gasteiger partial charge < -0.3 is 14.7 Å². The van der Waals surface area contributed by atoms with Crippen LogP contribution < -0.4 is 0 Å². The number of carbonyl (C=O) groups is 2. The lowest BCUT2D eigenvalue weighted by Gasteiger charge is -2.29. The largest absolute Gasteiger partial charge is 0.480 e. The number of benzene rings is 1. The molecule has 118 valence electrons. The van der Waals surface area contributed by atoms with E-state index in [0.717, 1.165) is 0 Å². The van der Waals surface area contributed by atoms with Crippen LogP contribution in [0.5, 0.6) is 0 Å². The average Bonchev–Trinajstić information content (AvgIpc) is 2.53. The lowest BCUT2D eigenvalue weighted by molar-refractivity contribution is -0.384. The number of ether oxygens (including phenoxy) is 1. The Hall–Kier alpha value is -2.29. The molecule has 1 N–H and O–H groups in total. The number of amides is 1. The van der Waals surface area contributed by atoms with E-state index in [1.54, 1.807) is 0 Å². The molecule has 1 aliphatic rings. The van der Waals surface area contributed by atoms with Gasteiger partial charge in [0.1, 0.15) is 11.9 Å². The van der Waals surface area contributed by atoms with Crippen LogP contribution in [0.25, 0.3) is 0 Å². The third-order valence-corrected chi connectivity index (χ3v) is 4.28. The summed E-state index contributed by atoms with van der Waals surface area (Å²) >= 11 is 1.30. The minimum Gasteiger partial charge on any atom is -0.480 e. The zero-order valence-corrected chi connectivity index (χ0v) is 12.3. The van der Waals surface area contributed by atoms with Crippen LogP contribution in [0.1, 0.15) is 5.56 Å². The van der Waals surface area contributed by atoms with E-state index in [1.165, 1.54) is 40.9 Å². The molecule has 1 amide bonds. The maximum absolute atomic E-state index is 11.9. The smallest absolute Gasteiger partial charge is 0.410 e. The molecule has 0 radical (unpaired) electrons. The lowest BCUT2D eigenvalue weighted by Crippen LogP contribution is -2.44. The number of nitro groups is 1. The molecule has 1 aromatic rings. The maximum atomic E-state index is 11.9. The predicted octanol–water partition coefficient (Wildman–Crippen LogP) is 1.73. The molecule has 0 aliphatic carbocycles. The van der Waals surface area contributed by atoms with Crippen molar-refractivity contribution in [2.45, 2.75) is 11.9 Å². The summed E-state index contributed by atoms with van der Waals surface area (Å²) in [6, 6.07) is 5.69. The van der Waals surface area contributed by atoms with Gasteiger partial charge in [-0.1, -0.05) is 0 Å². The minimum atomic E-state index is -0.946. The topological polar surface area (TPSA) is 110 Å². The summed E-state index contributed by atoms with van der Waals surface area (Å²) < 4.78 is 5.11. The molecular formula is C13H14N2O6S. The zero-order chi connectivity index (χ0) is 16.1. The van der Waals surface area contributed by atoms with Crippen molar-refractivity contribution in [3.63, 3.8) is 0 Å². The number of thioether (sulfide) groups is 1. The number of nitrogens with zero attached hydrogens (tertiary/aromatic N) is 2. The van der Waals surface area contributed by atoms with E-state index in [2.05, 4.69) is 0 Å². The second-order valence-corrected chi connectivity index (χ2v) is 5.93. The van der Waals surface area contributed by atoms with Gasteiger partial charge in [-0.2, -0.15) is 0 Å². The molecule has 0 bridgehead atoms. The van der Waals surface area contributed by atoms with Crippen molar-refractivity contribution in [2.24, 2.45) is 0 Å². The highest BCUT2D eigenvalue weighted by Gasteiger charge is 2.29. The predicted molar refractivity (Wildman–Crippen MR) is 78.7 cm³/mol. The minimum absolute atomic E-state index is 0.0157. The van der Waals surface area contributed by atoms with Crippen LogP contribution in [-0.4, -0.2) is 51.1 Å². The second-order valence-electron chi connectivity index (χ2n) is 4.62. The molecule has 9 heteroatoms. The van der Waals surface area contributed by atoms with Crippen LogP contribution in [0.15, 0.2) is 24.3 Å². The van der Waals surface area contributed by atoms with Crippen molar-refractivity contribution in [3.8, 4) is 0 Å². The molecule has 2 rings (SSSR count). The molecule has 1 aromatic carbocycles. The van der Waals surface area contributed by atoms with Gasteiger partial charge in [0.2, 0.25) is 0 Å². The summed E-state index contributed by atoms with van der Waals surface area (Å²) in [5, 5.41) is 18.9. The molecule has 1 aliphatic heterocycles. The van der Waals surface area contributed by atoms with Gasteiger partial charge in [0, 0.05) is 31.0 Å². The van der Waals surface area contributed by atoms with E-state index >= 15 is 0 Å². The van der Waals surface area contributed by atoms with Gasteiger partial charge in [-0.3, -0.25) is 14.9 Å². The van der Waals surface area contributed by atoms with Crippen molar-refractivity contribution in [3.05, 3.63) is 39.9 Å². The van der Waals surface area contributed by atoms with Crippen molar-refractivity contribution in [1.29, 1.82) is 0 Å². The number of carbonyl (C=O) groups excluding carboxylic acids is 1. The molecule has 22 heavy (non-hydrogen) atoms. The van der Waals surface area contributed by atoms with Gasteiger partial charge in [0.25, 0.3) is 5.69 Å². The third kappa shape index (κ3) is 4.10. The molecule has 1 fully saturated rings. The average molecular weight is 326 g/mol. The monoisotopic (exact) mass is 326 g/mol. The molecule has 1 unspecified atom stereocenters. The van der Waals surface area contributed by atoms with Crippen molar-refractivity contribution in [2.75, 3.05) is 18.8 Å². The fourth-order valence-corrected chi connectivity index (χ4v) is 2.95. The highest BCUT2D eigenvalue weighted by Crippen LogP contribution is 2.20. The normalized spacial score (nSPS) is 17.8. The molecule has 1 saturated heterocycles. The summed E-state index contributed by atoms with van der Waals surface area (Å²) in [6.45, 7) is 0.533. The maximum Gasteiger partial charge on any atom is 0.410 e. The Morgan fingerprint density at radius 1 is 1.41 bits per heavy atom. The highest BCUT2D eigenvalue weighted by molar-refractivity contribution is 8.00. The van der Waals surface area contributed by atoms with Crippen LogP contribution in [0.3, 0.4) is 0 Å². The Labute approximate surface area is 130 Å². The quantitative estimate of drug-likeness (QED) is 0.662. The van der Waals surface area contributed by atoms with Crippen LogP contribution in [0, 0.1) is 10.1 Å². The van der Waals surface area contributed by atoms with Gasteiger partial charge in [0.15, 0.2) is 0 Å². The fourth-order valence-electron chi connectivity index (χ4n) is 1.91. The Balaban J connectivity index is 1.86. The number of non-ortho nitro benzene ring substituents is 1. The van der Waals surface area contributed by atoms with E-state index in [9.17, 15) is 19.7 Å². The number of carboxylic acid groups (broad SMARTS) is 1. The number of hydrogen-bond donors (Lipinski definition) is 1. The van der Waals surface area contributed by atoms with E-state index in [0.29, 0.717) is 17.9 Å². The van der Waals surface area contributed by atoms with Gasteiger partial charge >= 0.3 is 12.1 Å². The number of aliphatic carboxylic acids is 1. The van der Waals surface area contributed by atoms with E-state index < -0.39 is 22.2 Å². The first-order chi connectivity index (χ1) is 10.5. The number of carboxylic acids is 1. The Morgan fingerprint density at radius 3 is 2.68 bits per heavy atom. The molecule has 0 saturated carbocycles. The first kappa shape index (κ1) is 16.1. The van der Waals surface area contributed by atoms with Crippen molar-refractivity contribution < 1.29 is 24.4 Å². The van der Waals surface area contributed by atoms with E-state index in [4.69, 9.17) is 9.84 Å². The standard InChI is InChI=1S/C13H14N2O6S/c16-12(17)11-7-14(5-6-22-11)13(18)21-8-9-1-3-10(4-2-9)15(19)20/h1-4,11H,5-8H2,(H,16,17). The van der Waals surface area contributed by atoms with Gasteiger partial charge in [-0.25, -0.2) is 4.79 Å². The summed E-state index contributed by atoms with van der Waals surface area (Å²) in [4.78, 5) is 34.2. The van der Waals surface area contributed by atoms with Gasteiger partial charge in [-0.15, -0.1) is 11.8 Å². The molecule has 8 nitrogen and oxygen atoms in total. The molecule has 1 heterocycles. The first-order valence-corrected chi connectivity index (χ1v) is 7.51. The number of rotatable bonds is 4. The van der Waals surface area contributed by atoms with Crippen LogP contribution >= 0.6 is 11.8 Å². The summed E-state index contributed by atoms with van der Waals surface area (Å²) in [6.07, 6.45) is -0.579. The SMILES string of the molecule is O=C(O)C1CN(C(=O)OCc2ccc([N+](=O)[O-])cc2)CCS1. The summed E-state index contributed by atoms with van der Waals surface area (Å²) in [5.74, 6) is -0.401. The Kier molecular flexibility index (Phi) is 5.21. The lowest BCUT2D eigenvalue weighted by atomic mass is 10.2. The number of hydrogen-bond acceptors (Lipinski definition) is 6. The molecule has 0 spiro atoms. The first-order valence-electron chi connectivity index (χ1n) is 6.47. The van der Waals surface area contributed by atoms with Crippen molar-refractivity contribution in [1.82, 2.24) is 4.90 Å². The van der Waals surface area contributed by atoms with Crippen LogP contribution in [0.2, 0.25) is 0 Å². The Bertz CT molecular complexity index is 576. The van der Waals surface area contributed by atoms with Crippen LogP contribution in [-0.2, 0) is 16.1 Å². The third-order valence-electron chi connectivity index (χ3n) is 3.11. The Morgan fingerprint density at radius 2 is 2.09 bits per heavy atom. The number of nitro benzene ring substituents is 1. The molecule has 0 aromatic heterocycles. The fraction of sp³-hybridized carbons (Fsp3) is 0.385. The van der Waals surface area contributed by atoms with Gasteiger partial charge in [0.05, 0.1) is 4.92 Å². The molecular weight excluding hydrogens is 312 g/mol. The summed E-state index contributed by atoms with van der Waals surface area (Å²) in [7, 11) is 0. The summed E-state index contributed by atoms with van der Waals surface area (Å²) in [5.41, 5.74) is 0.590. The van der Waals surface area contributed by atoms with Crippen molar-refractivity contribution >= 4 is 29.5 Å². The van der Waals surface area contributed by atoms with E-state index in [-0.39, 0.29) is 18.8 Å². The van der Waals surface area contributed by atoms with Crippen LogP contribution in [0.4, 0.5) is 10.5 Å². The molecule has 1 atom stereocenters. The highest BCUT2D eigenvalue weighted by atomic mass is 32.2. The van der Waals surface area contributed by atoms with Gasteiger partial charge in [-0.05, 0) is 17.7 Å².